The number of aryl methyl sites for hydroxylation is 2. The Morgan fingerprint density at radius 1 is 1.14 bits per heavy atom. The molecular weight excluding hydrogens is 601 g/mol. The minimum absolute atomic E-state index is 0.0167. The number of piperidine rings is 1. The summed E-state index contributed by atoms with van der Waals surface area (Å²) in [6.07, 6.45) is -2.61. The van der Waals surface area contributed by atoms with E-state index in [0.29, 0.717) is 17.7 Å². The van der Waals surface area contributed by atoms with Crippen molar-refractivity contribution in [2.45, 2.75) is 58.0 Å². The molecule has 2 saturated heterocycles. The van der Waals surface area contributed by atoms with Crippen LogP contribution in [-0.2, 0) is 19.6 Å². The molecule has 2 amide bonds. The number of ether oxygens (including phenoxy) is 1. The topological polar surface area (TPSA) is 129 Å². The highest BCUT2D eigenvalue weighted by molar-refractivity contribution is 7.92. The number of alkyl halides is 3. The molecule has 10 nitrogen and oxygen atoms in total. The second-order valence-corrected chi connectivity index (χ2v) is 13.3. The van der Waals surface area contributed by atoms with Crippen molar-refractivity contribution in [3.05, 3.63) is 64.1 Å². The molecule has 236 valence electrons. The molecule has 0 aromatic heterocycles. The zero-order valence-corrected chi connectivity index (χ0v) is 25.2. The molecule has 0 saturated carbocycles. The number of rotatable bonds is 7. The van der Waals surface area contributed by atoms with Crippen LogP contribution in [0.3, 0.4) is 0 Å². The van der Waals surface area contributed by atoms with Gasteiger partial charge in [-0.3, -0.25) is 14.6 Å². The largest absolute Gasteiger partial charge is 0.573 e. The summed E-state index contributed by atoms with van der Waals surface area (Å²) in [7, 11) is -3.87. The van der Waals surface area contributed by atoms with Crippen LogP contribution in [0.15, 0.2) is 46.8 Å². The highest BCUT2D eigenvalue weighted by atomic mass is 32.2. The molecule has 3 aliphatic heterocycles. The molecule has 2 atom stereocenters. The number of hydrogen-bond donors (Lipinski definition) is 2. The van der Waals surface area contributed by atoms with E-state index in [1.165, 1.54) is 22.5 Å². The number of aliphatic hydroxyl groups is 1. The first-order chi connectivity index (χ1) is 20.6. The lowest BCUT2D eigenvalue weighted by Gasteiger charge is -2.34. The van der Waals surface area contributed by atoms with Crippen LogP contribution in [-0.4, -0.2) is 73.1 Å². The van der Waals surface area contributed by atoms with E-state index in [0.717, 1.165) is 28.7 Å². The van der Waals surface area contributed by atoms with Gasteiger partial charge in [-0.2, -0.15) is 4.31 Å². The fraction of sp³-hybridized carbons (Fsp3) is 0.433. The summed E-state index contributed by atoms with van der Waals surface area (Å²) < 4.78 is 69.7. The van der Waals surface area contributed by atoms with Crippen LogP contribution in [0.25, 0.3) is 6.08 Å². The van der Waals surface area contributed by atoms with Gasteiger partial charge in [-0.25, -0.2) is 8.42 Å². The van der Waals surface area contributed by atoms with Gasteiger partial charge in [0.2, 0.25) is 15.9 Å². The van der Waals surface area contributed by atoms with E-state index in [1.54, 1.807) is 4.90 Å². The van der Waals surface area contributed by atoms with Crippen molar-refractivity contribution in [1.82, 2.24) is 9.62 Å². The van der Waals surface area contributed by atoms with Crippen LogP contribution in [0.2, 0.25) is 0 Å². The third-order valence-corrected chi connectivity index (χ3v) is 9.92. The maximum absolute atomic E-state index is 13.3. The molecule has 3 aliphatic rings. The van der Waals surface area contributed by atoms with Crippen molar-refractivity contribution < 1.29 is 41.0 Å². The molecule has 2 N–H and O–H groups in total. The summed E-state index contributed by atoms with van der Waals surface area (Å²) in [5.41, 5.74) is 1.88. The minimum atomic E-state index is -4.87. The van der Waals surface area contributed by atoms with Gasteiger partial charge in [0.15, 0.2) is 0 Å². The average Bonchev–Trinajstić information content (AvgIpc) is 3.42. The van der Waals surface area contributed by atoms with Gasteiger partial charge in [-0.15, -0.1) is 13.2 Å². The number of benzene rings is 2. The maximum atomic E-state index is 13.3. The molecule has 0 aliphatic carbocycles. The summed E-state index contributed by atoms with van der Waals surface area (Å²) in [5, 5.41) is 13.5. The van der Waals surface area contributed by atoms with E-state index in [9.17, 15) is 36.3 Å². The summed E-state index contributed by atoms with van der Waals surface area (Å²) in [5.74, 6) is -1.05. The molecule has 2 fully saturated rings. The van der Waals surface area contributed by atoms with Gasteiger partial charge < -0.3 is 20.1 Å². The molecule has 2 aromatic carbocycles. The van der Waals surface area contributed by atoms with E-state index in [1.807, 2.05) is 32.9 Å². The Bertz CT molecular complexity index is 1620. The third-order valence-electron chi connectivity index (χ3n) is 8.35. The summed E-state index contributed by atoms with van der Waals surface area (Å²) in [6, 6.07) is 8.42. The lowest BCUT2D eigenvalue weighted by Crippen LogP contribution is -2.50. The predicted octanol–water partition coefficient (Wildman–Crippen LogP) is 3.65. The lowest BCUT2D eigenvalue weighted by atomic mass is 9.89. The van der Waals surface area contributed by atoms with Gasteiger partial charge in [0.1, 0.15) is 17.1 Å². The van der Waals surface area contributed by atoms with E-state index < -0.39 is 33.6 Å². The van der Waals surface area contributed by atoms with Gasteiger partial charge in [-0.1, -0.05) is 19.1 Å². The fourth-order valence-corrected chi connectivity index (χ4v) is 7.23. The Hall–Kier alpha value is -3.75. The van der Waals surface area contributed by atoms with Gasteiger partial charge >= 0.3 is 6.36 Å². The monoisotopic (exact) mass is 634 g/mol. The Balaban J connectivity index is 1.29. The third kappa shape index (κ3) is 6.24. The number of amidine groups is 1. The van der Waals surface area contributed by atoms with Crippen LogP contribution in [0.5, 0.6) is 5.75 Å². The van der Waals surface area contributed by atoms with Gasteiger partial charge in [0.25, 0.3) is 5.91 Å². The number of aliphatic imine (C=N–C) groups is 1. The average molecular weight is 635 g/mol. The molecule has 1 spiro atoms. The SMILES string of the molecule is Cc1cc(N2C(=O)[C@H](C)CC2CO)cc(C)c1C=CS(=O)(=O)N1CCC2(CC1)N=C(c1cccc(OC(F)(F)F)c1)NC2=O. The molecular formula is C30H33F3N4O6S. The van der Waals surface area contributed by atoms with Crippen molar-refractivity contribution in [3.8, 4) is 5.75 Å². The van der Waals surface area contributed by atoms with Crippen molar-refractivity contribution in [2.75, 3.05) is 24.6 Å². The lowest BCUT2D eigenvalue weighted by molar-refractivity contribution is -0.274. The molecule has 44 heavy (non-hydrogen) atoms. The molecule has 2 aromatic rings. The number of nitrogens with zero attached hydrogens (tertiary/aromatic N) is 3. The Morgan fingerprint density at radius 3 is 2.41 bits per heavy atom. The van der Waals surface area contributed by atoms with Crippen LogP contribution in [0, 0.1) is 19.8 Å². The van der Waals surface area contributed by atoms with Gasteiger partial charge in [0.05, 0.1) is 12.6 Å². The fourth-order valence-electron chi connectivity index (χ4n) is 6.06. The highest BCUT2D eigenvalue weighted by Crippen LogP contribution is 2.35. The number of carbonyl (C=O) groups excluding carboxylic acids is 2. The zero-order chi connectivity index (χ0) is 32.0. The van der Waals surface area contributed by atoms with Crippen LogP contribution in [0.4, 0.5) is 18.9 Å². The highest BCUT2D eigenvalue weighted by Gasteiger charge is 2.47. The first-order valence-electron chi connectivity index (χ1n) is 14.1. The molecule has 14 heteroatoms. The first kappa shape index (κ1) is 31.7. The number of sulfonamides is 1. The Morgan fingerprint density at radius 2 is 1.80 bits per heavy atom. The first-order valence-corrected chi connectivity index (χ1v) is 15.6. The van der Waals surface area contributed by atoms with Crippen molar-refractivity contribution >= 4 is 39.4 Å². The standard InChI is InChI=1S/C30H33F3N4O6S/c1-18-13-22(37-23(17-38)15-20(3)27(37)39)14-19(2)25(18)7-12-44(41,42)36-10-8-29(9-11-36)28(40)34-26(35-29)21-5-4-6-24(16-21)43-30(31,32)33/h4-7,12-14,16,20,23,38H,8-11,15,17H2,1-3H3,(H,34,35,40)/t20-,23?/m1/s1. The second-order valence-electron chi connectivity index (χ2n) is 11.4. The number of amides is 2. The Kier molecular flexibility index (Phi) is 8.37. The maximum Gasteiger partial charge on any atom is 0.573 e. The summed E-state index contributed by atoms with van der Waals surface area (Å²) >= 11 is 0. The number of carbonyl (C=O) groups is 2. The normalized spacial score (nSPS) is 22.6. The molecule has 0 bridgehead atoms. The number of halogens is 3. The van der Waals surface area contributed by atoms with Crippen molar-refractivity contribution in [2.24, 2.45) is 10.9 Å². The summed E-state index contributed by atoms with van der Waals surface area (Å²) in [4.78, 5) is 31.8. The molecule has 5 rings (SSSR count). The zero-order valence-electron chi connectivity index (χ0n) is 24.4. The number of hydrogen-bond acceptors (Lipinski definition) is 7. The van der Waals surface area contributed by atoms with Crippen molar-refractivity contribution in [1.29, 1.82) is 0 Å². The molecule has 3 heterocycles. The number of nitrogens with one attached hydrogen (secondary N) is 1. The van der Waals surface area contributed by atoms with Crippen LogP contribution in [0.1, 0.15) is 48.4 Å². The van der Waals surface area contributed by atoms with Gasteiger partial charge in [0, 0.05) is 35.7 Å². The second kappa shape index (κ2) is 11.6. The van der Waals surface area contributed by atoms with E-state index in [4.69, 9.17) is 0 Å². The molecule has 1 unspecified atom stereocenters. The number of aliphatic hydroxyl groups excluding tert-OH is 1. The predicted molar refractivity (Wildman–Crippen MR) is 157 cm³/mol. The number of anilines is 1. The Labute approximate surface area is 253 Å². The van der Waals surface area contributed by atoms with Crippen molar-refractivity contribution in [3.63, 3.8) is 0 Å². The minimum Gasteiger partial charge on any atom is -0.406 e. The smallest absolute Gasteiger partial charge is 0.406 e. The van der Waals surface area contributed by atoms with Crippen LogP contribution < -0.4 is 15.0 Å². The summed E-state index contributed by atoms with van der Waals surface area (Å²) in [6.45, 7) is 5.36. The van der Waals surface area contributed by atoms with E-state index >= 15 is 0 Å². The van der Waals surface area contributed by atoms with E-state index in [-0.39, 0.29) is 61.8 Å². The quantitative estimate of drug-likeness (QED) is 0.479. The van der Waals surface area contributed by atoms with Crippen LogP contribution >= 0.6 is 0 Å². The van der Waals surface area contributed by atoms with E-state index in [2.05, 4.69) is 15.0 Å². The molecule has 0 radical (unpaired) electrons. The van der Waals surface area contributed by atoms with Gasteiger partial charge in [-0.05, 0) is 80.1 Å².